The topological polar surface area (TPSA) is 64.7 Å². The van der Waals surface area contributed by atoms with E-state index in [1.807, 2.05) is 11.7 Å². The molecule has 1 fully saturated rings. The Bertz CT molecular complexity index is 957. The van der Waals surface area contributed by atoms with Crippen LogP contribution in [0.5, 0.6) is 0 Å². The van der Waals surface area contributed by atoms with E-state index in [-0.39, 0.29) is 11.7 Å². The minimum Gasteiger partial charge on any atom is -0.338 e. The van der Waals surface area contributed by atoms with Crippen molar-refractivity contribution in [1.29, 1.82) is 0 Å². The molecule has 0 bridgehead atoms. The first-order valence-corrected chi connectivity index (χ1v) is 9.70. The molecule has 2 aromatic heterocycles. The Morgan fingerprint density at radius 3 is 2.75 bits per heavy atom. The Morgan fingerprint density at radius 1 is 1.25 bits per heavy atom. The van der Waals surface area contributed by atoms with Gasteiger partial charge >= 0.3 is 0 Å². The zero-order valence-electron chi connectivity index (χ0n) is 15.9. The minimum atomic E-state index is -0.688. The molecule has 1 aromatic carbocycles. The van der Waals surface area contributed by atoms with Gasteiger partial charge in [0.2, 0.25) is 0 Å². The Morgan fingerprint density at radius 2 is 2.04 bits per heavy atom. The van der Waals surface area contributed by atoms with E-state index < -0.39 is 6.04 Å². The third kappa shape index (κ3) is 3.69. The van der Waals surface area contributed by atoms with E-state index in [1.165, 1.54) is 25.3 Å². The zero-order chi connectivity index (χ0) is 19.5. The number of halogens is 1. The molecule has 3 aromatic rings. The Hall–Kier alpha value is -2.96. The van der Waals surface area contributed by atoms with Crippen LogP contribution >= 0.6 is 0 Å². The summed E-state index contributed by atoms with van der Waals surface area (Å²) < 4.78 is 18.1. The zero-order valence-corrected chi connectivity index (χ0v) is 15.9. The molecule has 1 saturated carbocycles. The second-order valence-electron chi connectivity index (χ2n) is 7.33. The van der Waals surface area contributed by atoms with Crippen molar-refractivity contribution < 1.29 is 9.18 Å². The number of aromatic nitrogens is 4. The third-order valence-electron chi connectivity index (χ3n) is 5.42. The molecule has 6 nitrogen and oxygen atoms in total. The molecule has 4 rings (SSSR count). The maximum Gasteiger partial charge on any atom is 0.255 e. The molecular weight excluding hydrogens is 357 g/mol. The number of aryl methyl sites for hydroxylation is 1. The summed E-state index contributed by atoms with van der Waals surface area (Å²) in [5.74, 6) is -0.106. The lowest BCUT2D eigenvalue weighted by Gasteiger charge is -2.21. The summed E-state index contributed by atoms with van der Waals surface area (Å²) in [5, 5.41) is 7.33. The molecule has 1 atom stereocenters. The van der Waals surface area contributed by atoms with Crippen molar-refractivity contribution >= 4 is 5.91 Å². The van der Waals surface area contributed by atoms with Gasteiger partial charge in [-0.15, -0.1) is 0 Å². The molecule has 2 heterocycles. The summed E-state index contributed by atoms with van der Waals surface area (Å²) in [6.45, 7) is 0. The number of amides is 1. The van der Waals surface area contributed by atoms with Crippen molar-refractivity contribution in [2.75, 3.05) is 0 Å². The van der Waals surface area contributed by atoms with Gasteiger partial charge in [0, 0.05) is 31.2 Å². The maximum atomic E-state index is 14.5. The molecular formula is C21H24FN5O. The van der Waals surface area contributed by atoms with Gasteiger partial charge in [-0.05, 0) is 18.9 Å². The molecule has 1 amide bonds. The van der Waals surface area contributed by atoms with Crippen molar-refractivity contribution in [2.24, 2.45) is 7.05 Å². The molecule has 1 aliphatic rings. The number of rotatable bonds is 5. The van der Waals surface area contributed by atoms with Gasteiger partial charge < -0.3 is 9.88 Å². The second-order valence-corrected chi connectivity index (χ2v) is 7.33. The average Bonchev–Trinajstić information content (AvgIpc) is 3.37. The summed E-state index contributed by atoms with van der Waals surface area (Å²) in [5.41, 5.74) is 0.853. The Balaban J connectivity index is 1.59. The fourth-order valence-corrected chi connectivity index (χ4v) is 3.86. The fourth-order valence-electron chi connectivity index (χ4n) is 3.86. The fraction of sp³-hybridized carbons (Fsp3) is 0.381. The molecule has 1 unspecified atom stereocenters. The number of hydrogen-bond donors (Lipinski definition) is 1. The van der Waals surface area contributed by atoms with E-state index >= 15 is 0 Å². The van der Waals surface area contributed by atoms with Crippen molar-refractivity contribution in [1.82, 2.24) is 24.6 Å². The highest BCUT2D eigenvalue weighted by Crippen LogP contribution is 2.28. The molecule has 0 aliphatic heterocycles. The monoisotopic (exact) mass is 381 g/mol. The number of imidazole rings is 1. The number of nitrogens with zero attached hydrogens (tertiary/aromatic N) is 4. The first-order valence-electron chi connectivity index (χ1n) is 9.70. The highest BCUT2D eigenvalue weighted by molar-refractivity contribution is 5.94. The summed E-state index contributed by atoms with van der Waals surface area (Å²) in [6.07, 6.45) is 12.6. The van der Waals surface area contributed by atoms with Gasteiger partial charge in [0.05, 0.1) is 17.8 Å². The van der Waals surface area contributed by atoms with E-state index in [1.54, 1.807) is 47.6 Å². The van der Waals surface area contributed by atoms with E-state index in [4.69, 9.17) is 0 Å². The van der Waals surface area contributed by atoms with Gasteiger partial charge in [-0.3, -0.25) is 9.48 Å². The molecule has 7 heteroatoms. The van der Waals surface area contributed by atoms with Gasteiger partial charge in [0.25, 0.3) is 5.91 Å². The van der Waals surface area contributed by atoms with Crippen LogP contribution in [0.2, 0.25) is 0 Å². The van der Waals surface area contributed by atoms with Crippen LogP contribution in [-0.4, -0.2) is 25.2 Å². The van der Waals surface area contributed by atoms with Crippen LogP contribution in [0.3, 0.4) is 0 Å². The van der Waals surface area contributed by atoms with Gasteiger partial charge in [0.1, 0.15) is 17.7 Å². The molecule has 0 radical (unpaired) electrons. The van der Waals surface area contributed by atoms with Crippen LogP contribution in [0, 0.1) is 5.82 Å². The number of carbonyl (C=O) groups is 1. The average molecular weight is 381 g/mol. The normalized spacial score (nSPS) is 16.1. The number of carbonyl (C=O) groups excluding carboxylic acids is 1. The van der Waals surface area contributed by atoms with Gasteiger partial charge in [-0.2, -0.15) is 5.10 Å². The highest BCUT2D eigenvalue weighted by atomic mass is 19.1. The van der Waals surface area contributed by atoms with Crippen molar-refractivity contribution in [3.05, 3.63) is 71.8 Å². The predicted octanol–water partition coefficient (Wildman–Crippen LogP) is 3.78. The van der Waals surface area contributed by atoms with Gasteiger partial charge in [-0.1, -0.05) is 37.5 Å². The largest absolute Gasteiger partial charge is 0.338 e. The second kappa shape index (κ2) is 7.96. The standard InChI is InChI=1S/C21H24FN5O/c1-26-12-11-23-20(26)19(17-9-5-6-10-18(17)22)25-21(28)15-13-24-27(14-15)16-7-3-2-4-8-16/h5-6,9-14,16,19H,2-4,7-8H2,1H3,(H,25,28). The number of benzene rings is 1. The summed E-state index contributed by atoms with van der Waals surface area (Å²) in [7, 11) is 1.82. The quantitative estimate of drug-likeness (QED) is 0.731. The summed E-state index contributed by atoms with van der Waals surface area (Å²) in [6, 6.07) is 6.10. The van der Waals surface area contributed by atoms with Crippen molar-refractivity contribution in [3.63, 3.8) is 0 Å². The summed E-state index contributed by atoms with van der Waals surface area (Å²) >= 11 is 0. The van der Waals surface area contributed by atoms with E-state index in [0.29, 0.717) is 23.0 Å². The van der Waals surface area contributed by atoms with Crippen LogP contribution in [0.4, 0.5) is 4.39 Å². The van der Waals surface area contributed by atoms with Crippen molar-refractivity contribution in [2.45, 2.75) is 44.2 Å². The lowest BCUT2D eigenvalue weighted by atomic mass is 9.96. The van der Waals surface area contributed by atoms with Crippen LogP contribution in [0.25, 0.3) is 0 Å². The van der Waals surface area contributed by atoms with Crippen LogP contribution < -0.4 is 5.32 Å². The molecule has 0 spiro atoms. The van der Waals surface area contributed by atoms with E-state index in [2.05, 4.69) is 15.4 Å². The smallest absolute Gasteiger partial charge is 0.255 e. The van der Waals surface area contributed by atoms with Crippen LogP contribution in [0.15, 0.2) is 49.1 Å². The first kappa shape index (κ1) is 18.4. The third-order valence-corrected chi connectivity index (χ3v) is 5.42. The van der Waals surface area contributed by atoms with E-state index in [9.17, 15) is 9.18 Å². The highest BCUT2D eigenvalue weighted by Gasteiger charge is 2.25. The number of nitrogens with one attached hydrogen (secondary N) is 1. The summed E-state index contributed by atoms with van der Waals surface area (Å²) in [4.78, 5) is 17.2. The molecule has 28 heavy (non-hydrogen) atoms. The first-order chi connectivity index (χ1) is 13.6. The minimum absolute atomic E-state index is 0.293. The molecule has 1 N–H and O–H groups in total. The lowest BCUT2D eigenvalue weighted by molar-refractivity contribution is 0.0940. The Kier molecular flexibility index (Phi) is 5.23. The van der Waals surface area contributed by atoms with Crippen LogP contribution in [-0.2, 0) is 7.05 Å². The molecule has 0 saturated heterocycles. The molecule has 1 aliphatic carbocycles. The van der Waals surface area contributed by atoms with Gasteiger partial charge in [-0.25, -0.2) is 9.37 Å². The predicted molar refractivity (Wildman–Crippen MR) is 103 cm³/mol. The van der Waals surface area contributed by atoms with Crippen LogP contribution in [0.1, 0.15) is 65.9 Å². The SMILES string of the molecule is Cn1ccnc1C(NC(=O)c1cnn(C2CCCCC2)c1)c1ccccc1F. The van der Waals surface area contributed by atoms with E-state index in [0.717, 1.165) is 12.8 Å². The van der Waals surface area contributed by atoms with Gasteiger partial charge in [0.15, 0.2) is 0 Å². The number of hydrogen-bond acceptors (Lipinski definition) is 3. The van der Waals surface area contributed by atoms with Crippen molar-refractivity contribution in [3.8, 4) is 0 Å². The molecule has 146 valence electrons. The Labute approximate surface area is 163 Å². The lowest BCUT2D eigenvalue weighted by Crippen LogP contribution is -2.31. The maximum absolute atomic E-state index is 14.5.